The number of ether oxygens (including phenoxy) is 1. The first kappa shape index (κ1) is 22.1. The summed E-state index contributed by atoms with van der Waals surface area (Å²) < 4.78 is 5.54. The lowest BCUT2D eigenvalue weighted by Gasteiger charge is -2.31. The number of esters is 1. The summed E-state index contributed by atoms with van der Waals surface area (Å²) in [7, 11) is 0. The molecule has 0 aromatic heterocycles. The molecule has 0 fully saturated rings. The van der Waals surface area contributed by atoms with Crippen LogP contribution in [0.5, 0.6) is 0 Å². The Morgan fingerprint density at radius 1 is 1.00 bits per heavy atom. The van der Waals surface area contributed by atoms with Gasteiger partial charge in [0.1, 0.15) is 11.5 Å². The smallest absolute Gasteiger partial charge is 0.314 e. The standard InChI is InChI=1S/C23H32N2O3/c1-23(2,3)28-22(27)20(21(25)17-12-8-5-9-13-17)19(26)15-18(24)14-16-10-6-4-7-11-16/h4-13,18-21,26H,14-15,24-25H2,1-3H3/t18-,19-,20+,21?/m0/s1. The highest BCUT2D eigenvalue weighted by atomic mass is 16.6. The lowest BCUT2D eigenvalue weighted by atomic mass is 9.85. The number of aliphatic hydroxyl groups excluding tert-OH is 1. The number of nitrogens with two attached hydrogens (primary N) is 2. The molecule has 0 spiro atoms. The second-order valence-electron chi connectivity index (χ2n) is 8.25. The van der Waals surface area contributed by atoms with Crippen LogP contribution in [0.2, 0.25) is 0 Å². The Hall–Kier alpha value is -2.21. The van der Waals surface area contributed by atoms with E-state index in [2.05, 4.69) is 0 Å². The second kappa shape index (κ2) is 9.82. The molecule has 5 nitrogen and oxygen atoms in total. The van der Waals surface area contributed by atoms with E-state index in [1.807, 2.05) is 60.7 Å². The maximum absolute atomic E-state index is 12.9. The van der Waals surface area contributed by atoms with Gasteiger partial charge in [-0.25, -0.2) is 0 Å². The van der Waals surface area contributed by atoms with Crippen molar-refractivity contribution in [3.8, 4) is 0 Å². The predicted octanol–water partition coefficient (Wildman–Crippen LogP) is 2.97. The largest absolute Gasteiger partial charge is 0.460 e. The number of benzene rings is 2. The van der Waals surface area contributed by atoms with Gasteiger partial charge in [-0.15, -0.1) is 0 Å². The van der Waals surface area contributed by atoms with Crippen LogP contribution < -0.4 is 11.5 Å². The van der Waals surface area contributed by atoms with Gasteiger partial charge in [0.2, 0.25) is 0 Å². The van der Waals surface area contributed by atoms with Gasteiger partial charge in [-0.3, -0.25) is 4.79 Å². The number of hydrogen-bond donors (Lipinski definition) is 3. The third-order valence-corrected chi connectivity index (χ3v) is 4.55. The van der Waals surface area contributed by atoms with Crippen LogP contribution >= 0.6 is 0 Å². The molecular formula is C23H32N2O3. The van der Waals surface area contributed by atoms with E-state index in [4.69, 9.17) is 16.2 Å². The minimum atomic E-state index is -1.01. The molecule has 0 saturated carbocycles. The molecule has 0 aliphatic carbocycles. The van der Waals surface area contributed by atoms with Crippen molar-refractivity contribution in [1.29, 1.82) is 0 Å². The third-order valence-electron chi connectivity index (χ3n) is 4.55. The van der Waals surface area contributed by atoms with Gasteiger partial charge >= 0.3 is 5.97 Å². The molecule has 5 heteroatoms. The third kappa shape index (κ3) is 6.75. The summed E-state index contributed by atoms with van der Waals surface area (Å²) in [6.45, 7) is 5.39. The van der Waals surface area contributed by atoms with Crippen molar-refractivity contribution in [1.82, 2.24) is 0 Å². The van der Waals surface area contributed by atoms with Gasteiger partial charge < -0.3 is 21.3 Å². The van der Waals surface area contributed by atoms with Crippen LogP contribution in [-0.2, 0) is 16.0 Å². The molecule has 2 aromatic carbocycles. The van der Waals surface area contributed by atoms with E-state index >= 15 is 0 Å². The summed E-state index contributed by atoms with van der Waals surface area (Å²) >= 11 is 0. The first-order chi connectivity index (χ1) is 13.2. The Morgan fingerprint density at radius 3 is 2.07 bits per heavy atom. The molecule has 0 heterocycles. The molecule has 152 valence electrons. The highest BCUT2D eigenvalue weighted by molar-refractivity contribution is 5.74. The molecule has 5 N–H and O–H groups in total. The van der Waals surface area contributed by atoms with Gasteiger partial charge in [0.15, 0.2) is 0 Å². The van der Waals surface area contributed by atoms with E-state index in [1.54, 1.807) is 20.8 Å². The Balaban J connectivity index is 2.15. The van der Waals surface area contributed by atoms with Gasteiger partial charge in [-0.1, -0.05) is 60.7 Å². The Labute approximate surface area is 167 Å². The molecular weight excluding hydrogens is 352 g/mol. The van der Waals surface area contributed by atoms with Crippen molar-refractivity contribution >= 4 is 5.97 Å². The van der Waals surface area contributed by atoms with Crippen molar-refractivity contribution in [2.45, 2.75) is 57.4 Å². The minimum absolute atomic E-state index is 0.249. The zero-order chi connectivity index (χ0) is 20.7. The zero-order valence-electron chi connectivity index (χ0n) is 16.9. The summed E-state index contributed by atoms with van der Waals surface area (Å²) in [5.74, 6) is -1.41. The lowest BCUT2D eigenvalue weighted by Crippen LogP contribution is -2.43. The first-order valence-corrected chi connectivity index (χ1v) is 9.68. The van der Waals surface area contributed by atoms with Gasteiger partial charge in [0, 0.05) is 12.1 Å². The van der Waals surface area contributed by atoms with Crippen molar-refractivity contribution in [2.24, 2.45) is 17.4 Å². The Bertz CT molecular complexity index is 729. The molecule has 1 unspecified atom stereocenters. The van der Waals surface area contributed by atoms with E-state index in [0.717, 1.165) is 11.1 Å². The fourth-order valence-corrected chi connectivity index (χ4v) is 3.25. The van der Waals surface area contributed by atoms with Gasteiger partial charge in [-0.05, 0) is 44.7 Å². The average Bonchev–Trinajstić information content (AvgIpc) is 2.61. The van der Waals surface area contributed by atoms with Crippen molar-refractivity contribution < 1.29 is 14.6 Å². The van der Waals surface area contributed by atoms with Crippen LogP contribution in [-0.4, -0.2) is 28.8 Å². The highest BCUT2D eigenvalue weighted by Crippen LogP contribution is 2.28. The van der Waals surface area contributed by atoms with Crippen molar-refractivity contribution in [3.05, 3.63) is 71.8 Å². The van der Waals surface area contributed by atoms with E-state index in [9.17, 15) is 9.90 Å². The molecule has 2 rings (SSSR count). The van der Waals surface area contributed by atoms with E-state index in [-0.39, 0.29) is 12.5 Å². The number of carbonyl (C=O) groups is 1. The fourth-order valence-electron chi connectivity index (χ4n) is 3.25. The van der Waals surface area contributed by atoms with Crippen molar-refractivity contribution in [3.63, 3.8) is 0 Å². The molecule has 0 saturated heterocycles. The van der Waals surface area contributed by atoms with Crippen LogP contribution in [0.4, 0.5) is 0 Å². The number of carbonyl (C=O) groups excluding carboxylic acids is 1. The lowest BCUT2D eigenvalue weighted by molar-refractivity contribution is -0.165. The maximum atomic E-state index is 12.9. The minimum Gasteiger partial charge on any atom is -0.460 e. The summed E-state index contributed by atoms with van der Waals surface area (Å²) in [5, 5.41) is 10.9. The monoisotopic (exact) mass is 384 g/mol. The molecule has 0 bridgehead atoms. The van der Waals surface area contributed by atoms with E-state index in [0.29, 0.717) is 6.42 Å². The summed E-state index contributed by atoms with van der Waals surface area (Å²) in [4.78, 5) is 12.9. The zero-order valence-corrected chi connectivity index (χ0v) is 16.9. The summed E-state index contributed by atoms with van der Waals surface area (Å²) in [6.07, 6.45) is -0.150. The van der Waals surface area contributed by atoms with Crippen LogP contribution in [0.3, 0.4) is 0 Å². The predicted molar refractivity (Wildman–Crippen MR) is 111 cm³/mol. The first-order valence-electron chi connectivity index (χ1n) is 9.68. The Kier molecular flexibility index (Phi) is 7.75. The average molecular weight is 385 g/mol. The number of hydrogen-bond acceptors (Lipinski definition) is 5. The molecule has 0 amide bonds. The van der Waals surface area contributed by atoms with E-state index in [1.165, 1.54) is 0 Å². The quantitative estimate of drug-likeness (QED) is 0.608. The molecule has 28 heavy (non-hydrogen) atoms. The molecule has 0 aliphatic heterocycles. The second-order valence-corrected chi connectivity index (χ2v) is 8.25. The normalized spacial score (nSPS) is 16.1. The van der Waals surface area contributed by atoms with E-state index < -0.39 is 29.6 Å². The fraction of sp³-hybridized carbons (Fsp3) is 0.435. The Morgan fingerprint density at radius 2 is 1.54 bits per heavy atom. The number of rotatable bonds is 8. The summed E-state index contributed by atoms with van der Waals surface area (Å²) in [6, 6.07) is 18.1. The number of aliphatic hydroxyl groups is 1. The van der Waals surface area contributed by atoms with Gasteiger partial charge in [-0.2, -0.15) is 0 Å². The molecule has 0 aliphatic rings. The topological polar surface area (TPSA) is 98.6 Å². The van der Waals surface area contributed by atoms with Gasteiger partial charge in [0.25, 0.3) is 0 Å². The van der Waals surface area contributed by atoms with Crippen LogP contribution in [0.25, 0.3) is 0 Å². The van der Waals surface area contributed by atoms with Crippen LogP contribution in [0.15, 0.2) is 60.7 Å². The van der Waals surface area contributed by atoms with Gasteiger partial charge in [0.05, 0.1) is 6.10 Å². The molecule has 0 radical (unpaired) electrons. The maximum Gasteiger partial charge on any atom is 0.314 e. The summed E-state index contributed by atoms with van der Waals surface area (Å²) in [5.41, 5.74) is 13.8. The van der Waals surface area contributed by atoms with Crippen molar-refractivity contribution in [2.75, 3.05) is 0 Å². The SMILES string of the molecule is CC(C)(C)OC(=O)[C@@H](C(N)c1ccccc1)[C@@H](O)C[C@@H](N)Cc1ccccc1. The van der Waals surface area contributed by atoms with Crippen LogP contribution in [0, 0.1) is 5.92 Å². The van der Waals surface area contributed by atoms with Crippen LogP contribution in [0.1, 0.15) is 44.4 Å². The molecule has 4 atom stereocenters. The molecule has 2 aromatic rings. The highest BCUT2D eigenvalue weighted by Gasteiger charge is 2.37.